The lowest BCUT2D eigenvalue weighted by atomic mass is 9.81. The number of hydrogen-bond acceptors (Lipinski definition) is 5. The smallest absolute Gasteiger partial charge is 0.196 e. The van der Waals surface area contributed by atoms with Crippen LogP contribution in [0, 0.1) is 0 Å². The molecule has 2 aromatic carbocycles. The minimum absolute atomic E-state index is 0.0793. The van der Waals surface area contributed by atoms with Gasteiger partial charge in [-0.2, -0.15) is 12.6 Å². The highest BCUT2D eigenvalue weighted by Crippen LogP contribution is 2.53. The van der Waals surface area contributed by atoms with E-state index >= 15 is 0 Å². The molecular weight excluding hydrogens is 603 g/mol. The number of rotatable bonds is 9. The molecule has 2 aliphatic carbocycles. The Balaban J connectivity index is 1.56. The van der Waals surface area contributed by atoms with Crippen LogP contribution in [-0.2, 0) is 15.0 Å². The lowest BCUT2D eigenvalue weighted by Gasteiger charge is -2.24. The van der Waals surface area contributed by atoms with Gasteiger partial charge in [0, 0.05) is 38.6 Å². The van der Waals surface area contributed by atoms with Crippen molar-refractivity contribution in [1.29, 1.82) is 0 Å². The zero-order chi connectivity index (χ0) is 33.2. The summed E-state index contributed by atoms with van der Waals surface area (Å²) in [5.74, 6) is -0.388. The third-order valence-corrected chi connectivity index (χ3v) is 10.7. The van der Waals surface area contributed by atoms with Gasteiger partial charge in [-0.3, -0.25) is 9.59 Å². The van der Waals surface area contributed by atoms with E-state index in [0.29, 0.717) is 11.9 Å². The van der Waals surface area contributed by atoms with Gasteiger partial charge in [-0.15, -0.1) is 11.3 Å². The molecule has 1 unspecified atom stereocenters. The van der Waals surface area contributed by atoms with E-state index in [1.807, 2.05) is 6.07 Å². The number of hydrogen-bond donors (Lipinski definition) is 2. The first-order valence-corrected chi connectivity index (χ1v) is 16.8. The van der Waals surface area contributed by atoms with Crippen molar-refractivity contribution in [1.82, 2.24) is 5.32 Å². The summed E-state index contributed by atoms with van der Waals surface area (Å²) in [7, 11) is 0. The summed E-state index contributed by atoms with van der Waals surface area (Å²) >= 11 is 5.75. The van der Waals surface area contributed by atoms with Gasteiger partial charge in [0.2, 0.25) is 0 Å². The van der Waals surface area contributed by atoms with Crippen LogP contribution in [-0.4, -0.2) is 18.1 Å². The van der Waals surface area contributed by atoms with E-state index in [1.165, 1.54) is 44.4 Å². The van der Waals surface area contributed by atoms with E-state index in [4.69, 9.17) is 0 Å². The molecule has 234 valence electrons. The van der Waals surface area contributed by atoms with Crippen LogP contribution in [0.4, 0.5) is 0 Å². The lowest BCUT2D eigenvalue weighted by molar-refractivity contribution is -0.114. The number of fused-ring (bicyclic) bond motifs is 1. The van der Waals surface area contributed by atoms with Crippen molar-refractivity contribution in [3.05, 3.63) is 145 Å². The molecule has 5 heteroatoms. The molecule has 0 radical (unpaired) electrons. The van der Waals surface area contributed by atoms with Crippen molar-refractivity contribution < 1.29 is 9.59 Å². The third-order valence-electron chi connectivity index (χ3n) is 9.24. The quantitative estimate of drug-likeness (QED) is 0.0609. The molecule has 0 spiro atoms. The number of carbonyl (C=O) groups is 2. The standard InChI is InChI=1S/C41H41NO2S2/c1-25-17-34(18-26(2)28(25)4)42-22-36-37(19-30-13-15-32(16-14-30)31-11-9-8-10-12-31)41(6,7)38-21-35(46-40(36)38)20-33(23-43)39(44)29(5)27(3)24-45/h8-17,19-24,34,42,45H,5,18H2,1-4,6-7H3/b27-24-,33-20+,36-22+,37-19+. The fourth-order valence-corrected chi connectivity index (χ4v) is 7.52. The Labute approximate surface area is 282 Å². The Hall–Kier alpha value is -4.19. The molecule has 0 bridgehead atoms. The van der Waals surface area contributed by atoms with Crippen LogP contribution in [0.3, 0.4) is 0 Å². The van der Waals surface area contributed by atoms with E-state index in [2.05, 4.69) is 132 Å². The average Bonchev–Trinajstić information content (AvgIpc) is 3.56. The summed E-state index contributed by atoms with van der Waals surface area (Å²) < 4.78 is 0. The normalized spacial score (nSPS) is 19.7. The first kappa shape index (κ1) is 33.2. The van der Waals surface area contributed by atoms with Crippen molar-refractivity contribution in [3.8, 4) is 11.1 Å². The van der Waals surface area contributed by atoms with Crippen LogP contribution in [0.15, 0.2) is 124 Å². The first-order valence-electron chi connectivity index (χ1n) is 15.5. The summed E-state index contributed by atoms with van der Waals surface area (Å²) in [5, 5.41) is 5.25. The van der Waals surface area contributed by atoms with Crippen molar-refractivity contribution in [3.63, 3.8) is 0 Å². The second-order valence-corrected chi connectivity index (χ2v) is 14.0. The molecule has 3 nitrogen and oxygen atoms in total. The van der Waals surface area contributed by atoms with Gasteiger partial charge < -0.3 is 5.32 Å². The second kappa shape index (κ2) is 13.7. The van der Waals surface area contributed by atoms with Crippen LogP contribution in [0.5, 0.6) is 0 Å². The minimum atomic E-state index is -0.388. The largest absolute Gasteiger partial charge is 0.384 e. The summed E-state index contributed by atoms with van der Waals surface area (Å²) in [6.07, 6.45) is 10.0. The van der Waals surface area contributed by atoms with Crippen molar-refractivity contribution in [2.45, 2.75) is 59.4 Å². The molecule has 1 atom stereocenters. The maximum Gasteiger partial charge on any atom is 0.196 e. The molecule has 0 saturated heterocycles. The number of Topliss-reactive ketones (excluding diaryl/α,β-unsaturated/α-hetero) is 1. The number of allylic oxidation sites excluding steroid dienone is 7. The number of thiophene rings is 1. The van der Waals surface area contributed by atoms with Gasteiger partial charge in [-0.25, -0.2) is 0 Å². The molecular formula is C41H41NO2S2. The zero-order valence-electron chi connectivity index (χ0n) is 27.4. The monoisotopic (exact) mass is 643 g/mol. The van der Waals surface area contributed by atoms with Crippen molar-refractivity contribution >= 4 is 53.8 Å². The number of aldehydes is 1. The topological polar surface area (TPSA) is 46.2 Å². The molecule has 0 saturated carbocycles. The molecule has 5 rings (SSSR count). The molecule has 0 fully saturated rings. The lowest BCUT2D eigenvalue weighted by Crippen LogP contribution is -2.25. The SMILES string of the molecule is C=C(C(=O)/C(C=O)=C/c1cc2c(s1)C(=C/NC1C=C(C)C(C)=C(C)C1)/C(=C\c1ccc(-c3ccccc3)cc1)C2(C)C)/C(C)=C\S. The molecule has 0 aliphatic heterocycles. The Morgan fingerprint density at radius 3 is 2.35 bits per heavy atom. The highest BCUT2D eigenvalue weighted by Gasteiger charge is 2.40. The Morgan fingerprint density at radius 2 is 1.72 bits per heavy atom. The van der Waals surface area contributed by atoms with Gasteiger partial charge in [0.05, 0.1) is 5.57 Å². The fourth-order valence-electron chi connectivity index (χ4n) is 6.06. The molecule has 3 aromatic rings. The van der Waals surface area contributed by atoms with Gasteiger partial charge >= 0.3 is 0 Å². The van der Waals surface area contributed by atoms with E-state index in [0.717, 1.165) is 27.3 Å². The van der Waals surface area contributed by atoms with Crippen LogP contribution in [0.25, 0.3) is 28.9 Å². The van der Waals surface area contributed by atoms with Crippen LogP contribution >= 0.6 is 24.0 Å². The highest BCUT2D eigenvalue weighted by atomic mass is 32.1. The van der Waals surface area contributed by atoms with E-state index in [9.17, 15) is 9.59 Å². The Bertz CT molecular complexity index is 1890. The molecule has 46 heavy (non-hydrogen) atoms. The highest BCUT2D eigenvalue weighted by molar-refractivity contribution is 7.83. The molecule has 1 aromatic heterocycles. The van der Waals surface area contributed by atoms with Gasteiger partial charge in [0.25, 0.3) is 0 Å². The molecule has 1 N–H and O–H groups in total. The van der Waals surface area contributed by atoms with E-state index in [1.54, 1.807) is 24.3 Å². The Morgan fingerprint density at radius 1 is 1.04 bits per heavy atom. The summed E-state index contributed by atoms with van der Waals surface area (Å²) in [6, 6.07) is 21.4. The summed E-state index contributed by atoms with van der Waals surface area (Å²) in [5.41, 5.74) is 11.8. The Kier molecular flexibility index (Phi) is 9.85. The fraction of sp³-hybridized carbons (Fsp3) is 0.220. The summed E-state index contributed by atoms with van der Waals surface area (Å²) in [4.78, 5) is 27.1. The van der Waals surface area contributed by atoms with Gasteiger partial charge in [-0.1, -0.05) is 98.3 Å². The maximum absolute atomic E-state index is 13.1. The van der Waals surface area contributed by atoms with Gasteiger partial charge in [-0.05, 0) is 90.6 Å². The van der Waals surface area contributed by atoms with Crippen molar-refractivity contribution in [2.75, 3.05) is 0 Å². The molecule has 0 amide bonds. The predicted octanol–water partition coefficient (Wildman–Crippen LogP) is 10.3. The summed E-state index contributed by atoms with van der Waals surface area (Å²) in [6.45, 7) is 16.7. The van der Waals surface area contributed by atoms with Crippen molar-refractivity contribution in [2.24, 2.45) is 0 Å². The number of thiol groups is 1. The number of nitrogens with one attached hydrogen (secondary N) is 1. The molecule has 2 aliphatic rings. The third kappa shape index (κ3) is 6.67. The number of carbonyl (C=O) groups excluding carboxylic acids is 2. The minimum Gasteiger partial charge on any atom is -0.384 e. The maximum atomic E-state index is 13.1. The molecule has 1 heterocycles. The van der Waals surface area contributed by atoms with Gasteiger partial charge in [0.15, 0.2) is 12.1 Å². The van der Waals surface area contributed by atoms with E-state index in [-0.39, 0.29) is 28.4 Å². The average molecular weight is 644 g/mol. The number of benzene rings is 2. The van der Waals surface area contributed by atoms with E-state index < -0.39 is 0 Å². The second-order valence-electron chi connectivity index (χ2n) is 12.7. The number of ketones is 1. The van der Waals surface area contributed by atoms with Crippen LogP contribution < -0.4 is 5.32 Å². The predicted molar refractivity (Wildman–Crippen MR) is 200 cm³/mol. The van der Waals surface area contributed by atoms with Crippen LogP contribution in [0.1, 0.15) is 68.8 Å². The van der Waals surface area contributed by atoms with Crippen LogP contribution in [0.2, 0.25) is 0 Å². The van der Waals surface area contributed by atoms with Gasteiger partial charge in [0.1, 0.15) is 0 Å². The first-order chi connectivity index (χ1) is 21.9. The zero-order valence-corrected chi connectivity index (χ0v) is 29.1.